The van der Waals surface area contributed by atoms with Gasteiger partial charge in [-0.1, -0.05) is 0 Å². The lowest BCUT2D eigenvalue weighted by atomic mass is 9.96. The first-order valence-electron chi connectivity index (χ1n) is 6.51. The van der Waals surface area contributed by atoms with E-state index in [9.17, 15) is 9.59 Å². The van der Waals surface area contributed by atoms with Crippen LogP contribution in [0.3, 0.4) is 0 Å². The maximum Gasteiger partial charge on any atom is 0.307 e. The first kappa shape index (κ1) is 16.2. The number of ether oxygens (including phenoxy) is 2. The summed E-state index contributed by atoms with van der Waals surface area (Å²) in [6, 6.07) is 2.68. The zero-order valence-corrected chi connectivity index (χ0v) is 12.4. The number of hydrogen-bond donors (Lipinski definition) is 1. The van der Waals surface area contributed by atoms with Gasteiger partial charge in [0.05, 0.1) is 26.2 Å². The molecule has 1 aromatic rings. The quantitative estimate of drug-likeness (QED) is 0.634. The van der Waals surface area contributed by atoms with Crippen LogP contribution in [0.1, 0.15) is 34.8 Å². The fourth-order valence-corrected chi connectivity index (χ4v) is 1.92. The van der Waals surface area contributed by atoms with Gasteiger partial charge in [-0.05, 0) is 44.0 Å². The maximum absolute atomic E-state index is 12.3. The van der Waals surface area contributed by atoms with Crippen molar-refractivity contribution < 1.29 is 19.1 Å². The minimum Gasteiger partial charge on any atom is -0.494 e. The number of nitrogens with two attached hydrogens (primary N) is 1. The number of carbonyl (C=O) groups is 2. The Morgan fingerprint density at radius 2 is 1.90 bits per heavy atom. The van der Waals surface area contributed by atoms with Gasteiger partial charge in [0, 0.05) is 5.56 Å². The van der Waals surface area contributed by atoms with Gasteiger partial charge in [-0.3, -0.25) is 9.59 Å². The lowest BCUT2D eigenvalue weighted by molar-refractivity contribution is -0.140. The molecule has 2 N–H and O–H groups in total. The Labute approximate surface area is 119 Å². The van der Waals surface area contributed by atoms with E-state index in [1.54, 1.807) is 6.07 Å². The van der Waals surface area contributed by atoms with Crippen LogP contribution in [0.4, 0.5) is 0 Å². The van der Waals surface area contributed by atoms with Crippen molar-refractivity contribution in [2.75, 3.05) is 13.7 Å². The van der Waals surface area contributed by atoms with Crippen molar-refractivity contribution >= 4 is 11.8 Å². The maximum atomic E-state index is 12.3. The van der Waals surface area contributed by atoms with Crippen molar-refractivity contribution in [1.82, 2.24) is 0 Å². The number of methoxy groups -OCH3 is 1. The molecule has 0 heterocycles. The molecule has 0 aliphatic heterocycles. The zero-order valence-electron chi connectivity index (χ0n) is 12.4. The molecule has 0 aliphatic carbocycles. The smallest absolute Gasteiger partial charge is 0.307 e. The van der Waals surface area contributed by atoms with Crippen molar-refractivity contribution in [2.24, 2.45) is 5.73 Å². The van der Waals surface area contributed by atoms with E-state index in [1.165, 1.54) is 7.11 Å². The first-order valence-corrected chi connectivity index (χ1v) is 6.51. The van der Waals surface area contributed by atoms with Crippen LogP contribution in [0.25, 0.3) is 0 Å². The summed E-state index contributed by atoms with van der Waals surface area (Å²) in [7, 11) is 1.27. The van der Waals surface area contributed by atoms with Gasteiger partial charge in [0.2, 0.25) is 0 Å². The summed E-state index contributed by atoms with van der Waals surface area (Å²) in [5.41, 5.74) is 7.92. The molecular formula is C15H21NO4. The van der Waals surface area contributed by atoms with E-state index in [1.807, 2.05) is 26.8 Å². The molecule has 1 aromatic carbocycles. The van der Waals surface area contributed by atoms with Gasteiger partial charge < -0.3 is 15.2 Å². The fourth-order valence-electron chi connectivity index (χ4n) is 1.92. The molecule has 0 bridgehead atoms. The predicted molar refractivity (Wildman–Crippen MR) is 76.0 cm³/mol. The average molecular weight is 279 g/mol. The van der Waals surface area contributed by atoms with Crippen LogP contribution >= 0.6 is 0 Å². The van der Waals surface area contributed by atoms with Crippen LogP contribution in [0, 0.1) is 13.8 Å². The van der Waals surface area contributed by atoms with E-state index in [0.29, 0.717) is 12.2 Å². The van der Waals surface area contributed by atoms with E-state index >= 15 is 0 Å². The molecule has 0 aliphatic rings. The highest BCUT2D eigenvalue weighted by atomic mass is 16.5. The van der Waals surface area contributed by atoms with Gasteiger partial charge in [0.25, 0.3) is 0 Å². The van der Waals surface area contributed by atoms with Gasteiger partial charge >= 0.3 is 5.97 Å². The van der Waals surface area contributed by atoms with Gasteiger partial charge in [0.15, 0.2) is 5.78 Å². The van der Waals surface area contributed by atoms with Crippen LogP contribution < -0.4 is 10.5 Å². The number of Topliss-reactive ketones (excluding diaryl/α,β-unsaturated/α-hetero) is 1. The van der Waals surface area contributed by atoms with Gasteiger partial charge in [-0.25, -0.2) is 0 Å². The molecule has 0 amide bonds. The van der Waals surface area contributed by atoms with Crippen molar-refractivity contribution in [3.63, 3.8) is 0 Å². The monoisotopic (exact) mass is 279 g/mol. The largest absolute Gasteiger partial charge is 0.494 e. The number of hydrogen-bond acceptors (Lipinski definition) is 5. The second-order valence-electron chi connectivity index (χ2n) is 4.62. The first-order chi connectivity index (χ1) is 9.40. The van der Waals surface area contributed by atoms with Crippen molar-refractivity contribution in [2.45, 2.75) is 33.2 Å². The summed E-state index contributed by atoms with van der Waals surface area (Å²) >= 11 is 0. The summed E-state index contributed by atoms with van der Waals surface area (Å²) < 4.78 is 10.00. The molecule has 0 aromatic heterocycles. The summed E-state index contributed by atoms with van der Waals surface area (Å²) in [5.74, 6) is -0.00620. The molecule has 0 fully saturated rings. The Hall–Kier alpha value is -1.88. The fraction of sp³-hybridized carbons (Fsp3) is 0.467. The average Bonchev–Trinajstić information content (AvgIpc) is 2.41. The zero-order chi connectivity index (χ0) is 15.3. The molecule has 0 spiro atoms. The molecule has 0 saturated heterocycles. The Morgan fingerprint density at radius 3 is 2.45 bits per heavy atom. The molecule has 0 saturated carbocycles. The third kappa shape index (κ3) is 3.81. The van der Waals surface area contributed by atoms with Crippen molar-refractivity contribution in [3.8, 4) is 5.75 Å². The van der Waals surface area contributed by atoms with Crippen LogP contribution in [-0.2, 0) is 9.53 Å². The highest BCUT2D eigenvalue weighted by Gasteiger charge is 2.22. The third-order valence-corrected chi connectivity index (χ3v) is 3.04. The summed E-state index contributed by atoms with van der Waals surface area (Å²) in [6.45, 7) is 6.16. The molecule has 110 valence electrons. The third-order valence-electron chi connectivity index (χ3n) is 3.04. The predicted octanol–water partition coefficient (Wildman–Crippen LogP) is 1.78. The standard InChI is InChI=1S/C15H21NO4/c1-5-20-13-7-9(2)11(6-10(13)3)15(18)12(16)8-14(17)19-4/h6-7,12H,5,8,16H2,1-4H3. The number of benzene rings is 1. The lowest BCUT2D eigenvalue weighted by Gasteiger charge is -2.14. The molecule has 20 heavy (non-hydrogen) atoms. The topological polar surface area (TPSA) is 78.6 Å². The van der Waals surface area contributed by atoms with Crippen LogP contribution in [0.5, 0.6) is 5.75 Å². The molecule has 5 heteroatoms. The summed E-state index contributed by atoms with van der Waals surface area (Å²) in [4.78, 5) is 23.4. The number of carbonyl (C=O) groups excluding carboxylic acids is 2. The highest BCUT2D eigenvalue weighted by molar-refractivity contribution is 6.03. The van der Waals surface area contributed by atoms with E-state index < -0.39 is 12.0 Å². The van der Waals surface area contributed by atoms with E-state index in [2.05, 4.69) is 4.74 Å². The SMILES string of the molecule is CCOc1cc(C)c(C(=O)C(N)CC(=O)OC)cc1C. The molecule has 1 atom stereocenters. The minimum atomic E-state index is -0.890. The summed E-state index contributed by atoms with van der Waals surface area (Å²) in [6.07, 6.45) is -0.124. The highest BCUT2D eigenvalue weighted by Crippen LogP contribution is 2.24. The van der Waals surface area contributed by atoms with Gasteiger partial charge in [-0.15, -0.1) is 0 Å². The Morgan fingerprint density at radius 1 is 1.25 bits per heavy atom. The number of rotatable bonds is 6. The number of ketones is 1. The van der Waals surface area contributed by atoms with E-state index in [4.69, 9.17) is 10.5 Å². The van der Waals surface area contributed by atoms with Crippen molar-refractivity contribution in [3.05, 3.63) is 28.8 Å². The van der Waals surface area contributed by atoms with E-state index in [0.717, 1.165) is 16.9 Å². The van der Waals surface area contributed by atoms with Gasteiger partial charge in [0.1, 0.15) is 5.75 Å². The molecular weight excluding hydrogens is 258 g/mol. The van der Waals surface area contributed by atoms with Crippen LogP contribution in [-0.4, -0.2) is 31.5 Å². The normalized spacial score (nSPS) is 11.8. The Bertz CT molecular complexity index is 511. The summed E-state index contributed by atoms with van der Waals surface area (Å²) in [5, 5.41) is 0. The number of aryl methyl sites for hydroxylation is 2. The van der Waals surface area contributed by atoms with Crippen molar-refractivity contribution in [1.29, 1.82) is 0 Å². The second kappa shape index (κ2) is 7.05. The molecule has 5 nitrogen and oxygen atoms in total. The Balaban J connectivity index is 2.99. The second-order valence-corrected chi connectivity index (χ2v) is 4.62. The van der Waals surface area contributed by atoms with Crippen LogP contribution in [0.2, 0.25) is 0 Å². The Kier molecular flexibility index (Phi) is 5.70. The lowest BCUT2D eigenvalue weighted by Crippen LogP contribution is -2.33. The number of esters is 1. The molecule has 1 rings (SSSR count). The van der Waals surface area contributed by atoms with Crippen LogP contribution in [0.15, 0.2) is 12.1 Å². The molecule has 0 radical (unpaired) electrons. The van der Waals surface area contributed by atoms with Gasteiger partial charge in [-0.2, -0.15) is 0 Å². The minimum absolute atomic E-state index is 0.124. The molecule has 1 unspecified atom stereocenters. The van der Waals surface area contributed by atoms with E-state index in [-0.39, 0.29) is 12.2 Å².